The monoisotopic (exact) mass is 179 g/mol. The summed E-state index contributed by atoms with van der Waals surface area (Å²) in [6.45, 7) is 9.84. The Labute approximate surface area is 79.8 Å². The first-order chi connectivity index (χ1) is 6.34. The van der Waals surface area contributed by atoms with Crippen LogP contribution in [0.3, 0.4) is 0 Å². The van der Waals surface area contributed by atoms with Crippen LogP contribution in [0.15, 0.2) is 29.9 Å². The fraction of sp³-hybridized carbons (Fsp3) is 0.500. The summed E-state index contributed by atoms with van der Waals surface area (Å²) in [5.74, 6) is 1.08. The lowest BCUT2D eigenvalue weighted by molar-refractivity contribution is 0.356. The molecule has 0 spiro atoms. The fourth-order valence-electron chi connectivity index (χ4n) is 1.28. The summed E-state index contributed by atoms with van der Waals surface area (Å²) in [7, 11) is 0. The first-order valence-corrected chi connectivity index (χ1v) is 4.62. The second kappa shape index (κ2) is 5.54. The number of hydrogen-bond acceptors (Lipinski definition) is 2. The van der Waals surface area contributed by atoms with Crippen LogP contribution in [0, 0.1) is 0 Å². The Hall–Kier alpha value is -1.09. The third kappa shape index (κ3) is 3.42. The Kier molecular flexibility index (Phi) is 4.26. The average Bonchev–Trinajstić information content (AvgIpc) is 2.19. The van der Waals surface area contributed by atoms with E-state index in [2.05, 4.69) is 21.8 Å². The Morgan fingerprint density at radius 2 is 2.15 bits per heavy atom. The summed E-state index contributed by atoms with van der Waals surface area (Å²) in [5, 5.41) is 3.31. The molecule has 0 aromatic rings. The molecule has 0 bridgehead atoms. The summed E-state index contributed by atoms with van der Waals surface area (Å²) in [5.41, 5.74) is 0. The Morgan fingerprint density at radius 3 is 2.77 bits per heavy atom. The minimum absolute atomic E-state index is 1.05. The molecule has 1 N–H and O–H groups in total. The molecule has 72 valence electrons. The highest BCUT2D eigenvalue weighted by atomic mass is 15.2. The van der Waals surface area contributed by atoms with E-state index in [0.29, 0.717) is 0 Å². The molecule has 0 amide bonds. The van der Waals surface area contributed by atoms with E-state index in [1.165, 1.54) is 0 Å². The van der Waals surface area contributed by atoms with Crippen LogP contribution in [0.2, 0.25) is 0 Å². The molecule has 1 fully saturated rings. The smallest absolute Gasteiger partial charge is 0.101 e. The van der Waals surface area contributed by atoms with Crippen molar-refractivity contribution in [2.45, 2.75) is 6.92 Å². The van der Waals surface area contributed by atoms with Gasteiger partial charge in [-0.15, -0.1) is 0 Å². The van der Waals surface area contributed by atoms with Gasteiger partial charge in [-0.25, -0.2) is 4.99 Å². The highest BCUT2D eigenvalue weighted by Gasteiger charge is 2.09. The SMILES string of the molecule is C=C/C=C\N=C(/C)N1CCNCC1. The maximum atomic E-state index is 4.30. The fourth-order valence-corrected chi connectivity index (χ4v) is 1.28. The van der Waals surface area contributed by atoms with Gasteiger partial charge < -0.3 is 10.2 Å². The minimum atomic E-state index is 1.05. The first-order valence-electron chi connectivity index (χ1n) is 4.62. The molecule has 1 aliphatic heterocycles. The zero-order valence-corrected chi connectivity index (χ0v) is 8.16. The van der Waals surface area contributed by atoms with E-state index < -0.39 is 0 Å². The molecular weight excluding hydrogens is 162 g/mol. The molecule has 1 aliphatic rings. The van der Waals surface area contributed by atoms with Crippen LogP contribution < -0.4 is 5.32 Å². The van der Waals surface area contributed by atoms with Crippen LogP contribution in [0.1, 0.15) is 6.92 Å². The molecule has 0 saturated carbocycles. The van der Waals surface area contributed by atoms with Gasteiger partial charge in [0.1, 0.15) is 5.84 Å². The van der Waals surface area contributed by atoms with E-state index in [0.717, 1.165) is 32.0 Å². The van der Waals surface area contributed by atoms with Crippen molar-refractivity contribution in [3.05, 3.63) is 24.9 Å². The quantitative estimate of drug-likeness (QED) is 0.389. The number of nitrogens with zero attached hydrogens (tertiary/aromatic N) is 2. The van der Waals surface area contributed by atoms with E-state index in [-0.39, 0.29) is 0 Å². The highest BCUT2D eigenvalue weighted by Crippen LogP contribution is 1.95. The van der Waals surface area contributed by atoms with E-state index in [1.54, 1.807) is 12.3 Å². The van der Waals surface area contributed by atoms with Gasteiger partial charge in [0, 0.05) is 32.4 Å². The van der Waals surface area contributed by atoms with Crippen molar-refractivity contribution in [1.29, 1.82) is 0 Å². The molecule has 1 saturated heterocycles. The zero-order chi connectivity index (χ0) is 9.52. The average molecular weight is 179 g/mol. The zero-order valence-electron chi connectivity index (χ0n) is 8.16. The van der Waals surface area contributed by atoms with Gasteiger partial charge in [-0.3, -0.25) is 0 Å². The summed E-state index contributed by atoms with van der Waals surface area (Å²) in [6, 6.07) is 0. The molecule has 0 aromatic heterocycles. The number of nitrogens with one attached hydrogen (secondary N) is 1. The molecule has 0 atom stereocenters. The Balaban J connectivity index is 2.44. The number of aliphatic imine (C=N–C) groups is 1. The van der Waals surface area contributed by atoms with Gasteiger partial charge in [-0.1, -0.05) is 12.7 Å². The summed E-state index contributed by atoms with van der Waals surface area (Å²) < 4.78 is 0. The van der Waals surface area contributed by atoms with E-state index in [9.17, 15) is 0 Å². The standard InChI is InChI=1S/C10H17N3/c1-3-4-5-12-10(2)13-8-6-11-7-9-13/h3-5,11H,1,6-9H2,2H3/b5-4-,12-10+. The van der Waals surface area contributed by atoms with Crippen molar-refractivity contribution in [3.8, 4) is 0 Å². The number of hydrogen-bond donors (Lipinski definition) is 1. The van der Waals surface area contributed by atoms with Crippen molar-refractivity contribution in [1.82, 2.24) is 10.2 Å². The molecule has 3 heteroatoms. The molecule has 13 heavy (non-hydrogen) atoms. The van der Waals surface area contributed by atoms with E-state index >= 15 is 0 Å². The number of amidine groups is 1. The number of piperazine rings is 1. The predicted molar refractivity (Wildman–Crippen MR) is 56.9 cm³/mol. The second-order valence-corrected chi connectivity index (χ2v) is 2.99. The molecule has 0 unspecified atom stereocenters. The van der Waals surface area contributed by atoms with Crippen molar-refractivity contribution in [3.63, 3.8) is 0 Å². The lowest BCUT2D eigenvalue weighted by Gasteiger charge is -2.28. The van der Waals surface area contributed by atoms with Crippen LogP contribution in [-0.4, -0.2) is 36.9 Å². The van der Waals surface area contributed by atoms with E-state index in [1.807, 2.05) is 13.0 Å². The number of allylic oxidation sites excluding steroid dienone is 2. The van der Waals surface area contributed by atoms with Gasteiger partial charge in [0.2, 0.25) is 0 Å². The first kappa shape index (κ1) is 9.99. The third-order valence-corrected chi connectivity index (χ3v) is 2.06. The van der Waals surface area contributed by atoms with Crippen molar-refractivity contribution < 1.29 is 0 Å². The van der Waals surface area contributed by atoms with Gasteiger partial charge in [0.25, 0.3) is 0 Å². The summed E-state index contributed by atoms with van der Waals surface area (Å²) in [4.78, 5) is 6.58. The molecule has 0 aromatic carbocycles. The molecular formula is C10H17N3. The highest BCUT2D eigenvalue weighted by molar-refractivity contribution is 5.80. The minimum Gasteiger partial charge on any atom is -0.358 e. The Bertz CT molecular complexity index is 212. The van der Waals surface area contributed by atoms with Crippen molar-refractivity contribution in [2.75, 3.05) is 26.2 Å². The lowest BCUT2D eigenvalue weighted by Crippen LogP contribution is -2.45. The van der Waals surface area contributed by atoms with Crippen molar-refractivity contribution in [2.24, 2.45) is 4.99 Å². The molecule has 1 heterocycles. The van der Waals surface area contributed by atoms with Crippen LogP contribution in [0.4, 0.5) is 0 Å². The summed E-state index contributed by atoms with van der Waals surface area (Å²) in [6.07, 6.45) is 5.35. The van der Waals surface area contributed by atoms with Gasteiger partial charge in [0.05, 0.1) is 0 Å². The largest absolute Gasteiger partial charge is 0.358 e. The summed E-state index contributed by atoms with van der Waals surface area (Å²) >= 11 is 0. The second-order valence-electron chi connectivity index (χ2n) is 2.99. The van der Waals surface area contributed by atoms with Crippen LogP contribution in [0.5, 0.6) is 0 Å². The maximum Gasteiger partial charge on any atom is 0.101 e. The van der Waals surface area contributed by atoms with Crippen LogP contribution >= 0.6 is 0 Å². The third-order valence-electron chi connectivity index (χ3n) is 2.06. The van der Waals surface area contributed by atoms with Crippen molar-refractivity contribution >= 4 is 5.84 Å². The Morgan fingerprint density at radius 1 is 1.46 bits per heavy atom. The topological polar surface area (TPSA) is 27.6 Å². The lowest BCUT2D eigenvalue weighted by atomic mass is 10.3. The molecule has 3 nitrogen and oxygen atoms in total. The normalized spacial score (nSPS) is 19.5. The van der Waals surface area contributed by atoms with Gasteiger partial charge in [0.15, 0.2) is 0 Å². The van der Waals surface area contributed by atoms with Gasteiger partial charge in [-0.2, -0.15) is 0 Å². The molecule has 0 aliphatic carbocycles. The van der Waals surface area contributed by atoms with E-state index in [4.69, 9.17) is 0 Å². The molecule has 1 rings (SSSR count). The predicted octanol–water partition coefficient (Wildman–Crippen LogP) is 1.01. The van der Waals surface area contributed by atoms with Crippen LogP contribution in [-0.2, 0) is 0 Å². The number of rotatable bonds is 2. The van der Waals surface area contributed by atoms with Gasteiger partial charge in [-0.05, 0) is 13.0 Å². The maximum absolute atomic E-state index is 4.30. The molecule has 0 radical (unpaired) electrons. The van der Waals surface area contributed by atoms with Gasteiger partial charge >= 0.3 is 0 Å². The van der Waals surface area contributed by atoms with Crippen LogP contribution in [0.25, 0.3) is 0 Å².